The minimum Gasteiger partial charge on any atom is -0.322 e. The van der Waals surface area contributed by atoms with E-state index >= 15 is 0 Å². The van der Waals surface area contributed by atoms with Crippen molar-refractivity contribution < 1.29 is 4.79 Å². The second-order valence-corrected chi connectivity index (χ2v) is 6.36. The Bertz CT molecular complexity index is 590. The first-order valence-electron chi connectivity index (χ1n) is 6.22. The number of aromatic amines is 1. The number of anilines is 1. The lowest BCUT2D eigenvalue weighted by molar-refractivity contribution is -0.115. The first-order valence-corrected chi connectivity index (χ1v) is 7.48. The highest BCUT2D eigenvalue weighted by Gasteiger charge is 2.17. The molecule has 2 aromatic rings. The number of carbonyl (C=O) groups is 1. The number of H-pyrrole nitrogens is 1. The van der Waals surface area contributed by atoms with Crippen molar-refractivity contribution in [1.82, 2.24) is 10.2 Å². The zero-order valence-electron chi connectivity index (χ0n) is 11.5. The molecule has 0 aliphatic carbocycles. The van der Waals surface area contributed by atoms with E-state index in [1.54, 1.807) is 0 Å². The summed E-state index contributed by atoms with van der Waals surface area (Å²) in [6, 6.07) is 7.45. The van der Waals surface area contributed by atoms with Gasteiger partial charge in [-0.25, -0.2) is 0 Å². The standard InChI is InChI=1S/C14H16ClN3OS/c1-8-13(9(2)18-17-8)16-14(19)10(3)20-12-6-4-11(15)5-7-12/h4-7,10H,1-3H3,(H,16,19)(H,17,18). The number of hydrogen-bond acceptors (Lipinski definition) is 3. The van der Waals surface area contributed by atoms with Crippen LogP contribution in [-0.2, 0) is 4.79 Å². The normalized spacial score (nSPS) is 12.2. The number of halogens is 1. The maximum absolute atomic E-state index is 12.2. The summed E-state index contributed by atoms with van der Waals surface area (Å²) in [4.78, 5) is 13.2. The Morgan fingerprint density at radius 3 is 2.55 bits per heavy atom. The first-order chi connectivity index (χ1) is 9.47. The van der Waals surface area contributed by atoms with Gasteiger partial charge in [-0.05, 0) is 45.0 Å². The monoisotopic (exact) mass is 309 g/mol. The molecule has 0 radical (unpaired) electrons. The van der Waals surface area contributed by atoms with E-state index in [2.05, 4.69) is 15.5 Å². The Balaban J connectivity index is 2.00. The van der Waals surface area contributed by atoms with Crippen LogP contribution in [0.4, 0.5) is 5.69 Å². The van der Waals surface area contributed by atoms with Gasteiger partial charge in [0.1, 0.15) is 0 Å². The van der Waals surface area contributed by atoms with Gasteiger partial charge in [-0.1, -0.05) is 11.6 Å². The van der Waals surface area contributed by atoms with E-state index < -0.39 is 0 Å². The number of benzene rings is 1. The third kappa shape index (κ3) is 3.55. The van der Waals surface area contributed by atoms with Crippen molar-refractivity contribution in [3.8, 4) is 0 Å². The number of carbonyl (C=O) groups excluding carboxylic acids is 1. The summed E-state index contributed by atoms with van der Waals surface area (Å²) in [5.41, 5.74) is 2.41. The van der Waals surface area contributed by atoms with Gasteiger partial charge in [0.15, 0.2) is 0 Å². The van der Waals surface area contributed by atoms with Gasteiger partial charge < -0.3 is 5.32 Å². The summed E-state index contributed by atoms with van der Waals surface area (Å²) in [5, 5.41) is 10.3. The molecule has 0 aliphatic heterocycles. The fourth-order valence-electron chi connectivity index (χ4n) is 1.73. The van der Waals surface area contributed by atoms with E-state index in [4.69, 9.17) is 11.6 Å². The Kier molecular flexibility index (Phi) is 4.73. The van der Waals surface area contributed by atoms with Crippen LogP contribution >= 0.6 is 23.4 Å². The van der Waals surface area contributed by atoms with Gasteiger partial charge in [0.25, 0.3) is 0 Å². The van der Waals surface area contributed by atoms with Crippen molar-refractivity contribution in [2.24, 2.45) is 0 Å². The Morgan fingerprint density at radius 2 is 2.00 bits per heavy atom. The molecule has 0 fully saturated rings. The van der Waals surface area contributed by atoms with Crippen molar-refractivity contribution in [3.63, 3.8) is 0 Å². The molecule has 0 spiro atoms. The summed E-state index contributed by atoms with van der Waals surface area (Å²) >= 11 is 7.33. The minimum atomic E-state index is -0.204. The molecule has 0 saturated heterocycles. The summed E-state index contributed by atoms with van der Waals surface area (Å²) in [5.74, 6) is -0.0439. The Hall–Kier alpha value is -1.46. The molecular formula is C14H16ClN3OS. The lowest BCUT2D eigenvalue weighted by Gasteiger charge is -2.12. The van der Waals surface area contributed by atoms with E-state index in [0.717, 1.165) is 22.0 Å². The van der Waals surface area contributed by atoms with Crippen LogP contribution in [0.2, 0.25) is 5.02 Å². The molecule has 1 amide bonds. The van der Waals surface area contributed by atoms with Gasteiger partial charge in [0.2, 0.25) is 5.91 Å². The SMILES string of the molecule is Cc1n[nH]c(C)c1NC(=O)C(C)Sc1ccc(Cl)cc1. The molecule has 2 N–H and O–H groups in total. The van der Waals surface area contributed by atoms with Crippen LogP contribution in [-0.4, -0.2) is 21.4 Å². The van der Waals surface area contributed by atoms with E-state index in [9.17, 15) is 4.79 Å². The highest BCUT2D eigenvalue weighted by molar-refractivity contribution is 8.00. The third-order valence-corrected chi connectivity index (χ3v) is 4.24. The van der Waals surface area contributed by atoms with Crippen LogP contribution in [0.1, 0.15) is 18.3 Å². The van der Waals surface area contributed by atoms with E-state index in [1.807, 2.05) is 45.0 Å². The number of thioether (sulfide) groups is 1. The Morgan fingerprint density at radius 1 is 1.35 bits per heavy atom. The zero-order valence-corrected chi connectivity index (χ0v) is 13.1. The van der Waals surface area contributed by atoms with Crippen LogP contribution in [0.5, 0.6) is 0 Å². The van der Waals surface area contributed by atoms with Crippen molar-refractivity contribution >= 4 is 35.0 Å². The largest absolute Gasteiger partial charge is 0.322 e. The van der Waals surface area contributed by atoms with Crippen LogP contribution in [0.3, 0.4) is 0 Å². The molecule has 0 bridgehead atoms. The number of nitrogens with zero attached hydrogens (tertiary/aromatic N) is 1. The molecule has 4 nitrogen and oxygen atoms in total. The molecule has 106 valence electrons. The quantitative estimate of drug-likeness (QED) is 0.845. The molecule has 0 aliphatic rings. The predicted molar refractivity (Wildman–Crippen MR) is 83.5 cm³/mol. The maximum atomic E-state index is 12.2. The second kappa shape index (κ2) is 6.33. The topological polar surface area (TPSA) is 57.8 Å². The average molecular weight is 310 g/mol. The van der Waals surface area contributed by atoms with Crippen molar-refractivity contribution in [1.29, 1.82) is 0 Å². The van der Waals surface area contributed by atoms with Crippen LogP contribution in [0.25, 0.3) is 0 Å². The minimum absolute atomic E-state index is 0.0439. The second-order valence-electron chi connectivity index (χ2n) is 4.51. The third-order valence-electron chi connectivity index (χ3n) is 2.87. The molecule has 1 unspecified atom stereocenters. The van der Waals surface area contributed by atoms with Crippen LogP contribution in [0.15, 0.2) is 29.2 Å². The number of aromatic nitrogens is 2. The molecule has 1 atom stereocenters. The van der Waals surface area contributed by atoms with Crippen molar-refractivity contribution in [2.45, 2.75) is 30.9 Å². The Labute approximate surface area is 127 Å². The number of hydrogen-bond donors (Lipinski definition) is 2. The van der Waals surface area contributed by atoms with Gasteiger partial charge in [0, 0.05) is 9.92 Å². The highest BCUT2D eigenvalue weighted by Crippen LogP contribution is 2.26. The average Bonchev–Trinajstić information content (AvgIpc) is 2.73. The summed E-state index contributed by atoms with van der Waals surface area (Å²) in [7, 11) is 0. The number of amides is 1. The van der Waals surface area contributed by atoms with Crippen LogP contribution < -0.4 is 5.32 Å². The smallest absolute Gasteiger partial charge is 0.237 e. The molecule has 1 heterocycles. The van der Waals surface area contributed by atoms with Gasteiger partial charge in [-0.3, -0.25) is 9.89 Å². The molecule has 0 saturated carbocycles. The fourth-order valence-corrected chi connectivity index (χ4v) is 2.72. The summed E-state index contributed by atoms with van der Waals surface area (Å²) < 4.78 is 0. The first kappa shape index (κ1) is 14.9. The van der Waals surface area contributed by atoms with Gasteiger partial charge in [-0.15, -0.1) is 11.8 Å². The predicted octanol–water partition coefficient (Wildman–Crippen LogP) is 3.80. The van der Waals surface area contributed by atoms with Gasteiger partial charge in [0.05, 0.1) is 22.3 Å². The summed E-state index contributed by atoms with van der Waals surface area (Å²) in [6.45, 7) is 5.61. The van der Waals surface area contributed by atoms with E-state index in [-0.39, 0.29) is 11.2 Å². The van der Waals surface area contributed by atoms with Crippen molar-refractivity contribution in [2.75, 3.05) is 5.32 Å². The highest BCUT2D eigenvalue weighted by atomic mass is 35.5. The van der Waals surface area contributed by atoms with Crippen LogP contribution in [0, 0.1) is 13.8 Å². The molecule has 6 heteroatoms. The maximum Gasteiger partial charge on any atom is 0.237 e. The zero-order chi connectivity index (χ0) is 14.7. The van der Waals surface area contributed by atoms with E-state index in [1.165, 1.54) is 11.8 Å². The molecular weight excluding hydrogens is 294 g/mol. The lowest BCUT2D eigenvalue weighted by Crippen LogP contribution is -2.22. The lowest BCUT2D eigenvalue weighted by atomic mass is 10.3. The number of rotatable bonds is 4. The van der Waals surface area contributed by atoms with E-state index in [0.29, 0.717) is 5.02 Å². The van der Waals surface area contributed by atoms with Gasteiger partial charge >= 0.3 is 0 Å². The van der Waals surface area contributed by atoms with Crippen molar-refractivity contribution in [3.05, 3.63) is 40.7 Å². The summed E-state index contributed by atoms with van der Waals surface area (Å²) in [6.07, 6.45) is 0. The number of aryl methyl sites for hydroxylation is 2. The molecule has 2 rings (SSSR count). The molecule has 1 aromatic carbocycles. The molecule has 20 heavy (non-hydrogen) atoms. The number of nitrogens with one attached hydrogen (secondary N) is 2. The van der Waals surface area contributed by atoms with Gasteiger partial charge in [-0.2, -0.15) is 5.10 Å². The molecule has 1 aromatic heterocycles. The fraction of sp³-hybridized carbons (Fsp3) is 0.286.